The van der Waals surface area contributed by atoms with Crippen molar-refractivity contribution in [3.8, 4) is 5.75 Å². The smallest absolute Gasteiger partial charge is 0.251 e. The Bertz CT molecular complexity index is 664. The molecular weight excluding hydrogens is 309 g/mol. The van der Waals surface area contributed by atoms with Gasteiger partial charge in [0.2, 0.25) is 0 Å². The third kappa shape index (κ3) is 4.55. The van der Waals surface area contributed by atoms with Gasteiger partial charge in [-0.25, -0.2) is 4.39 Å². The Morgan fingerprint density at radius 1 is 1.17 bits per heavy atom. The number of hydrogen-bond acceptors (Lipinski definition) is 3. The zero-order valence-electron chi connectivity index (χ0n) is 13.3. The van der Waals surface area contributed by atoms with Crippen LogP contribution in [0.1, 0.15) is 28.8 Å². The fraction of sp³-hybridized carbons (Fsp3) is 0.316. The minimum Gasteiger partial charge on any atom is -0.491 e. The minimum atomic E-state index is -0.288. The number of carbonyl (C=O) groups excluding carboxylic acids is 1. The van der Waals surface area contributed by atoms with E-state index in [2.05, 4.69) is 5.32 Å². The molecule has 24 heavy (non-hydrogen) atoms. The molecule has 1 fully saturated rings. The number of benzene rings is 2. The molecule has 1 aliphatic heterocycles. The van der Waals surface area contributed by atoms with Gasteiger partial charge >= 0.3 is 0 Å². The van der Waals surface area contributed by atoms with Crippen LogP contribution in [-0.2, 0) is 11.3 Å². The Morgan fingerprint density at radius 2 is 1.92 bits per heavy atom. The molecule has 4 nitrogen and oxygen atoms in total. The number of ether oxygens (including phenoxy) is 2. The van der Waals surface area contributed by atoms with Gasteiger partial charge < -0.3 is 14.8 Å². The van der Waals surface area contributed by atoms with Crippen molar-refractivity contribution in [1.82, 2.24) is 5.32 Å². The summed E-state index contributed by atoms with van der Waals surface area (Å²) in [7, 11) is 0. The lowest BCUT2D eigenvalue weighted by atomic mass is 10.2. The standard InChI is InChI=1S/C19H20FNO3/c20-16-7-3-14(4-8-16)12-21-19(22)15-5-9-17(10-6-15)24-13-18-2-1-11-23-18/h3-10,18H,1-2,11-13H2,(H,21,22). The normalized spacial score (nSPS) is 16.8. The first kappa shape index (κ1) is 16.5. The molecule has 1 unspecified atom stereocenters. The molecule has 2 aromatic carbocycles. The fourth-order valence-electron chi connectivity index (χ4n) is 2.55. The highest BCUT2D eigenvalue weighted by atomic mass is 19.1. The molecule has 0 aliphatic carbocycles. The highest BCUT2D eigenvalue weighted by molar-refractivity contribution is 5.94. The third-order valence-corrected chi connectivity index (χ3v) is 3.94. The molecule has 1 saturated heterocycles. The molecule has 0 bridgehead atoms. The highest BCUT2D eigenvalue weighted by Gasteiger charge is 2.16. The van der Waals surface area contributed by atoms with Crippen molar-refractivity contribution >= 4 is 5.91 Å². The summed E-state index contributed by atoms with van der Waals surface area (Å²) in [6, 6.07) is 13.1. The van der Waals surface area contributed by atoms with E-state index in [0.29, 0.717) is 18.7 Å². The van der Waals surface area contributed by atoms with Gasteiger partial charge in [0.25, 0.3) is 5.91 Å². The van der Waals surface area contributed by atoms with Gasteiger partial charge in [0.15, 0.2) is 0 Å². The van der Waals surface area contributed by atoms with Gasteiger partial charge in [-0.2, -0.15) is 0 Å². The van der Waals surface area contributed by atoms with Crippen molar-refractivity contribution in [2.24, 2.45) is 0 Å². The van der Waals surface area contributed by atoms with Crippen LogP contribution in [0, 0.1) is 5.82 Å². The summed E-state index contributed by atoms with van der Waals surface area (Å²) < 4.78 is 24.0. The summed E-state index contributed by atoms with van der Waals surface area (Å²) in [4.78, 5) is 12.1. The monoisotopic (exact) mass is 329 g/mol. The van der Waals surface area contributed by atoms with Gasteiger partial charge in [0.1, 0.15) is 18.2 Å². The van der Waals surface area contributed by atoms with Crippen LogP contribution >= 0.6 is 0 Å². The van der Waals surface area contributed by atoms with Crippen molar-refractivity contribution in [2.45, 2.75) is 25.5 Å². The first-order chi connectivity index (χ1) is 11.7. The van der Waals surface area contributed by atoms with E-state index in [1.165, 1.54) is 12.1 Å². The van der Waals surface area contributed by atoms with Gasteiger partial charge in [0, 0.05) is 18.7 Å². The van der Waals surface area contributed by atoms with E-state index in [0.717, 1.165) is 30.8 Å². The predicted octanol–water partition coefficient (Wildman–Crippen LogP) is 3.31. The molecule has 1 amide bonds. The number of rotatable bonds is 6. The summed E-state index contributed by atoms with van der Waals surface area (Å²) in [6.07, 6.45) is 2.29. The van der Waals surface area contributed by atoms with E-state index in [9.17, 15) is 9.18 Å². The topological polar surface area (TPSA) is 47.6 Å². The van der Waals surface area contributed by atoms with Crippen LogP contribution in [0.4, 0.5) is 4.39 Å². The maximum Gasteiger partial charge on any atom is 0.251 e. The van der Waals surface area contributed by atoms with Crippen LogP contribution in [0.5, 0.6) is 5.75 Å². The van der Waals surface area contributed by atoms with Crippen LogP contribution < -0.4 is 10.1 Å². The molecule has 5 heteroatoms. The number of carbonyl (C=O) groups is 1. The molecule has 126 valence electrons. The highest BCUT2D eigenvalue weighted by Crippen LogP contribution is 2.16. The first-order valence-electron chi connectivity index (χ1n) is 8.08. The lowest BCUT2D eigenvalue weighted by Gasteiger charge is -2.11. The molecule has 2 aromatic rings. The molecule has 1 aliphatic rings. The molecule has 0 radical (unpaired) electrons. The van der Waals surface area contributed by atoms with E-state index in [1.54, 1.807) is 36.4 Å². The van der Waals surface area contributed by atoms with Crippen molar-refractivity contribution in [3.05, 3.63) is 65.5 Å². The summed E-state index contributed by atoms with van der Waals surface area (Å²) in [6.45, 7) is 1.70. The fourth-order valence-corrected chi connectivity index (χ4v) is 2.55. The summed E-state index contributed by atoms with van der Waals surface area (Å²) in [5.74, 6) is 0.259. The first-order valence-corrected chi connectivity index (χ1v) is 8.08. The van der Waals surface area contributed by atoms with Crippen LogP contribution in [0.3, 0.4) is 0 Å². The number of hydrogen-bond donors (Lipinski definition) is 1. The Hall–Kier alpha value is -2.40. The molecule has 0 saturated carbocycles. The van der Waals surface area contributed by atoms with Gasteiger partial charge in [-0.15, -0.1) is 0 Å². The van der Waals surface area contributed by atoms with Crippen LogP contribution in [0.25, 0.3) is 0 Å². The van der Waals surface area contributed by atoms with Crippen LogP contribution in [0.15, 0.2) is 48.5 Å². The Balaban J connectivity index is 1.48. The second kappa shape index (κ2) is 7.93. The van der Waals surface area contributed by atoms with E-state index < -0.39 is 0 Å². The van der Waals surface area contributed by atoms with E-state index in [4.69, 9.17) is 9.47 Å². The molecule has 1 atom stereocenters. The van der Waals surface area contributed by atoms with Gasteiger partial charge in [-0.05, 0) is 54.8 Å². The molecule has 3 rings (SSSR count). The summed E-state index contributed by atoms with van der Waals surface area (Å²) in [5.41, 5.74) is 1.41. The zero-order chi connectivity index (χ0) is 16.8. The zero-order valence-corrected chi connectivity index (χ0v) is 13.3. The molecular formula is C19H20FNO3. The third-order valence-electron chi connectivity index (χ3n) is 3.94. The quantitative estimate of drug-likeness (QED) is 0.884. The Kier molecular flexibility index (Phi) is 5.43. The van der Waals surface area contributed by atoms with E-state index in [-0.39, 0.29) is 17.8 Å². The Labute approximate surface area is 140 Å². The maximum atomic E-state index is 12.8. The van der Waals surface area contributed by atoms with Gasteiger partial charge in [-0.3, -0.25) is 4.79 Å². The maximum absolute atomic E-state index is 12.8. The van der Waals surface area contributed by atoms with E-state index >= 15 is 0 Å². The molecule has 1 heterocycles. The molecule has 1 N–H and O–H groups in total. The number of nitrogens with one attached hydrogen (secondary N) is 1. The number of halogens is 1. The van der Waals surface area contributed by atoms with E-state index in [1.807, 2.05) is 0 Å². The van der Waals surface area contributed by atoms with Crippen molar-refractivity contribution in [3.63, 3.8) is 0 Å². The number of amides is 1. The second-order valence-electron chi connectivity index (χ2n) is 5.78. The SMILES string of the molecule is O=C(NCc1ccc(F)cc1)c1ccc(OCC2CCCO2)cc1. The lowest BCUT2D eigenvalue weighted by molar-refractivity contribution is 0.0679. The predicted molar refractivity (Wildman–Crippen MR) is 88.5 cm³/mol. The second-order valence-corrected chi connectivity index (χ2v) is 5.78. The molecule has 0 aromatic heterocycles. The van der Waals surface area contributed by atoms with Crippen molar-refractivity contribution in [1.29, 1.82) is 0 Å². The summed E-state index contributed by atoms with van der Waals surface area (Å²) in [5, 5.41) is 2.81. The van der Waals surface area contributed by atoms with Crippen molar-refractivity contribution in [2.75, 3.05) is 13.2 Å². The molecule has 0 spiro atoms. The largest absolute Gasteiger partial charge is 0.491 e. The average Bonchev–Trinajstić information content (AvgIpc) is 3.13. The van der Waals surface area contributed by atoms with Gasteiger partial charge in [-0.1, -0.05) is 12.1 Å². The lowest BCUT2D eigenvalue weighted by Crippen LogP contribution is -2.22. The minimum absolute atomic E-state index is 0.170. The van der Waals surface area contributed by atoms with Crippen LogP contribution in [-0.4, -0.2) is 25.2 Å². The van der Waals surface area contributed by atoms with Crippen LogP contribution in [0.2, 0.25) is 0 Å². The Morgan fingerprint density at radius 3 is 2.58 bits per heavy atom. The van der Waals surface area contributed by atoms with Gasteiger partial charge in [0.05, 0.1) is 6.10 Å². The summed E-state index contributed by atoms with van der Waals surface area (Å²) >= 11 is 0. The average molecular weight is 329 g/mol. The van der Waals surface area contributed by atoms with Crippen molar-refractivity contribution < 1.29 is 18.7 Å².